The fraction of sp³-hybridized carbons (Fsp3) is 0.531. The highest BCUT2D eigenvalue weighted by atomic mass is 32.2. The van der Waals surface area contributed by atoms with Crippen LogP contribution in [-0.2, 0) is 29.5 Å². The van der Waals surface area contributed by atoms with Gasteiger partial charge in [0.1, 0.15) is 91.5 Å². The molecule has 0 spiro atoms. The molecule has 4 aromatic rings. The number of aryl methyl sites for hydroxylation is 1. The summed E-state index contributed by atoms with van der Waals surface area (Å²) in [6.45, 7) is 7.31. The second kappa shape index (κ2) is 14.3. The standard InChI is InChI=1S/C32H47B8F3N8O2S2/c1-17(50-29(33,34)31(37,38)51(55(3,52)53)32(39,40)30(50,35)36)14-49-21(13-44)10-23-18(2)19(4-5-25(23)49)15-48-8-6-20(7-9-48)47-26-24-11-22(12-28(41,42)43)54-27(24)46-16-45-26/h4-5,10-11,16-17,20H,6-9,12,14-15,33-40H2,1-3H3,(H,45,46,47)/t17-/m0/s1. The fourth-order valence-electron chi connectivity index (χ4n) is 9.72. The third-order valence-electron chi connectivity index (χ3n) is 13.1. The van der Waals surface area contributed by atoms with E-state index in [0.29, 0.717) is 28.3 Å². The van der Waals surface area contributed by atoms with Crippen molar-refractivity contribution in [3.05, 3.63) is 52.3 Å². The summed E-state index contributed by atoms with van der Waals surface area (Å²) in [7, 11) is 13.0. The van der Waals surface area contributed by atoms with Gasteiger partial charge in [-0.2, -0.15) is 18.4 Å². The number of nitrogens with zero attached hydrogens (tertiary/aromatic N) is 7. The highest BCUT2D eigenvalue weighted by Crippen LogP contribution is 2.45. The number of thiophene rings is 1. The van der Waals surface area contributed by atoms with E-state index in [2.05, 4.69) is 93.1 Å². The molecule has 0 unspecified atom stereocenters. The topological polar surface area (TPSA) is 110 Å². The molecule has 0 saturated carbocycles. The van der Waals surface area contributed by atoms with Crippen molar-refractivity contribution in [1.29, 1.82) is 5.26 Å². The average Bonchev–Trinajstić information content (AvgIpc) is 3.61. The zero-order valence-electron chi connectivity index (χ0n) is 33.9. The quantitative estimate of drug-likeness (QED) is 0.176. The number of fused-ring (bicyclic) bond motifs is 2. The molecule has 0 amide bonds. The van der Waals surface area contributed by atoms with E-state index in [1.165, 1.54) is 18.1 Å². The lowest BCUT2D eigenvalue weighted by Crippen LogP contribution is -2.93. The molecule has 3 aromatic heterocycles. The molecule has 0 aliphatic carbocycles. The van der Waals surface area contributed by atoms with Crippen molar-refractivity contribution in [2.75, 3.05) is 24.7 Å². The highest BCUT2D eigenvalue weighted by Gasteiger charge is 2.64. The van der Waals surface area contributed by atoms with E-state index in [1.54, 1.807) is 10.4 Å². The number of hydrogen-bond donors (Lipinski definition) is 1. The van der Waals surface area contributed by atoms with Gasteiger partial charge in [-0.1, -0.05) is 6.07 Å². The van der Waals surface area contributed by atoms with Crippen molar-refractivity contribution < 1.29 is 21.6 Å². The number of likely N-dealkylation sites (tertiary alicyclic amines) is 1. The van der Waals surface area contributed by atoms with Gasteiger partial charge in [0.15, 0.2) is 0 Å². The number of anilines is 1. The van der Waals surface area contributed by atoms with Crippen molar-refractivity contribution in [2.24, 2.45) is 0 Å². The number of alkyl halides is 3. The molecular formula is C32H47B8F3N8O2S2. The fourth-order valence-corrected chi connectivity index (χ4v) is 12.8. The molecule has 2 aliphatic heterocycles. The molecule has 2 saturated heterocycles. The Morgan fingerprint density at radius 2 is 1.62 bits per heavy atom. The molecule has 1 N–H and O–H groups in total. The van der Waals surface area contributed by atoms with Crippen molar-refractivity contribution in [3.63, 3.8) is 0 Å². The molecule has 6 rings (SSSR count). The summed E-state index contributed by atoms with van der Waals surface area (Å²) in [5.41, 5.74) is 3.93. The Morgan fingerprint density at radius 3 is 2.18 bits per heavy atom. The predicted octanol–water partition coefficient (Wildman–Crippen LogP) is -3.35. The van der Waals surface area contributed by atoms with Crippen LogP contribution in [0.3, 0.4) is 0 Å². The Balaban J connectivity index is 1.18. The first kappa shape index (κ1) is 41.9. The van der Waals surface area contributed by atoms with Gasteiger partial charge in [-0.05, 0) is 77.4 Å². The lowest BCUT2D eigenvalue weighted by atomic mass is 9.27. The van der Waals surface area contributed by atoms with Gasteiger partial charge in [0.05, 0.1) is 18.1 Å². The van der Waals surface area contributed by atoms with Crippen LogP contribution in [0, 0.1) is 18.3 Å². The van der Waals surface area contributed by atoms with E-state index in [9.17, 15) is 26.9 Å². The van der Waals surface area contributed by atoms with Crippen molar-refractivity contribution in [2.45, 2.75) is 85.8 Å². The van der Waals surface area contributed by atoms with E-state index in [1.807, 2.05) is 37.5 Å². The van der Waals surface area contributed by atoms with Gasteiger partial charge >= 0.3 is 6.18 Å². The van der Waals surface area contributed by atoms with Gasteiger partial charge in [-0.15, -0.1) is 11.3 Å². The van der Waals surface area contributed by atoms with Gasteiger partial charge in [0.2, 0.25) is 10.0 Å². The highest BCUT2D eigenvalue weighted by molar-refractivity contribution is 7.88. The first-order valence-electron chi connectivity index (χ1n) is 18.9. The Labute approximate surface area is 334 Å². The van der Waals surface area contributed by atoms with Crippen molar-refractivity contribution in [1.82, 2.24) is 28.6 Å². The van der Waals surface area contributed by atoms with Crippen LogP contribution < -0.4 is 5.32 Å². The number of benzene rings is 1. The zero-order chi connectivity index (χ0) is 40.7. The SMILES string of the molecule is BC1(B)N([C@@H](C)Cn2c(C#N)cc3c(C)c(CN4CCC(Nc5ncnc6sc(CC(F)(F)F)cc56)CC4)ccc32)C(B)(B)C(B)(B)N(S(C)(=O)=O)C1(B)B. The molecule has 2 fully saturated rings. The van der Waals surface area contributed by atoms with Crippen LogP contribution in [0.25, 0.3) is 21.1 Å². The second-order valence-corrected chi connectivity index (χ2v) is 20.6. The van der Waals surface area contributed by atoms with Gasteiger partial charge in [-0.25, -0.2) is 22.7 Å². The van der Waals surface area contributed by atoms with E-state index in [4.69, 9.17) is 0 Å². The van der Waals surface area contributed by atoms with Gasteiger partial charge in [-0.3, -0.25) is 4.90 Å². The molecular weight excluding hydrogens is 736 g/mol. The summed E-state index contributed by atoms with van der Waals surface area (Å²) in [6, 6.07) is 10.4. The maximum absolute atomic E-state index is 13.3. The van der Waals surface area contributed by atoms with E-state index in [-0.39, 0.29) is 17.0 Å². The molecule has 0 bridgehead atoms. The Hall–Kier alpha value is -2.77. The first-order chi connectivity index (χ1) is 25.3. The average molecular weight is 783 g/mol. The van der Waals surface area contributed by atoms with Crippen LogP contribution in [0.1, 0.15) is 41.5 Å². The molecule has 5 heterocycles. The number of piperazine rings is 1. The lowest BCUT2D eigenvalue weighted by Gasteiger charge is -2.74. The Kier molecular flexibility index (Phi) is 10.8. The minimum atomic E-state index is -4.27. The van der Waals surface area contributed by atoms with Crippen LogP contribution in [0.2, 0.25) is 0 Å². The molecule has 0 radical (unpaired) electrons. The van der Waals surface area contributed by atoms with Crippen LogP contribution in [0.15, 0.2) is 30.6 Å². The number of rotatable bonds is 9. The summed E-state index contributed by atoms with van der Waals surface area (Å²) < 4.78 is 69.6. The zero-order valence-corrected chi connectivity index (χ0v) is 35.5. The third kappa shape index (κ3) is 7.43. The summed E-state index contributed by atoms with van der Waals surface area (Å²) in [4.78, 5) is 14.2. The molecule has 55 heavy (non-hydrogen) atoms. The van der Waals surface area contributed by atoms with E-state index >= 15 is 0 Å². The molecule has 284 valence electrons. The molecule has 2 aliphatic rings. The first-order valence-corrected chi connectivity index (χ1v) is 21.6. The van der Waals surface area contributed by atoms with E-state index < -0.39 is 44.0 Å². The number of sulfonamides is 1. The number of hydrogen-bond acceptors (Lipinski definition) is 9. The maximum atomic E-state index is 13.3. The van der Waals surface area contributed by atoms with Crippen LogP contribution in [-0.4, -0.2) is 159 Å². The second-order valence-electron chi connectivity index (χ2n) is 17.7. The minimum absolute atomic E-state index is 0.0528. The maximum Gasteiger partial charge on any atom is 0.393 e. The van der Waals surface area contributed by atoms with Crippen LogP contribution >= 0.6 is 11.3 Å². The molecule has 1 aromatic carbocycles. The number of nitrogens with one attached hydrogen (secondary N) is 1. The van der Waals surface area contributed by atoms with Crippen LogP contribution in [0.4, 0.5) is 19.0 Å². The summed E-state index contributed by atoms with van der Waals surface area (Å²) in [5, 5.41) is 12.9. The summed E-state index contributed by atoms with van der Waals surface area (Å²) in [6.07, 6.45) is -0.822. The number of halogens is 3. The van der Waals surface area contributed by atoms with Gasteiger partial charge < -0.3 is 14.8 Å². The number of nitriles is 1. The predicted molar refractivity (Wildman–Crippen MR) is 238 cm³/mol. The minimum Gasteiger partial charge on any atom is -0.367 e. The van der Waals surface area contributed by atoms with Gasteiger partial charge in [0, 0.05) is 54.0 Å². The summed E-state index contributed by atoms with van der Waals surface area (Å²) in [5.74, 6) is 0.581. The number of piperidine rings is 1. The monoisotopic (exact) mass is 784 g/mol. The molecule has 10 nitrogen and oxygen atoms in total. The van der Waals surface area contributed by atoms with Crippen molar-refractivity contribution >= 4 is 111 Å². The molecule has 23 heteroatoms. The number of aromatic nitrogens is 3. The summed E-state index contributed by atoms with van der Waals surface area (Å²) >= 11 is 1.06. The van der Waals surface area contributed by atoms with Gasteiger partial charge in [0.25, 0.3) is 0 Å². The van der Waals surface area contributed by atoms with Crippen LogP contribution in [0.5, 0.6) is 0 Å². The Morgan fingerprint density at radius 1 is 1.00 bits per heavy atom. The van der Waals surface area contributed by atoms with Crippen molar-refractivity contribution in [3.8, 4) is 6.07 Å². The molecule has 1 atom stereocenters. The lowest BCUT2D eigenvalue weighted by molar-refractivity contribution is -0.126. The Bertz CT molecular complexity index is 2240. The normalized spacial score (nSPS) is 21.4. The third-order valence-corrected chi connectivity index (χ3v) is 15.7. The largest absolute Gasteiger partial charge is 0.393 e. The smallest absolute Gasteiger partial charge is 0.367 e. The van der Waals surface area contributed by atoms with E-state index in [0.717, 1.165) is 60.3 Å².